The average Bonchev–Trinajstić information content (AvgIpc) is 3.71. The van der Waals surface area contributed by atoms with E-state index in [1.165, 1.54) is 45.8 Å². The Morgan fingerprint density at radius 3 is 1.65 bits per heavy atom. The largest absolute Gasteiger partial charge is 0.382 e. The van der Waals surface area contributed by atoms with Gasteiger partial charge in [-0.05, 0) is 97.6 Å². The van der Waals surface area contributed by atoms with Gasteiger partial charge >= 0.3 is 0 Å². The van der Waals surface area contributed by atoms with Crippen LogP contribution in [0.5, 0.6) is 0 Å². The summed E-state index contributed by atoms with van der Waals surface area (Å²) in [6, 6.07) is 21.2. The Morgan fingerprint density at radius 1 is 0.613 bits per heavy atom. The molecule has 2 fully saturated rings. The molecule has 4 aliphatic rings. The van der Waals surface area contributed by atoms with Gasteiger partial charge in [0, 0.05) is 60.4 Å². The minimum atomic E-state index is 0.120. The van der Waals surface area contributed by atoms with Crippen LogP contribution in [0.15, 0.2) is 105 Å². The van der Waals surface area contributed by atoms with E-state index in [1.807, 2.05) is 38.4 Å². The molecule has 4 aromatic heterocycles. The maximum absolute atomic E-state index is 6.71. The van der Waals surface area contributed by atoms with Gasteiger partial charge in [-0.1, -0.05) is 95.3 Å². The molecule has 6 aromatic rings. The van der Waals surface area contributed by atoms with Crippen molar-refractivity contribution in [3.63, 3.8) is 0 Å². The molecule has 2 spiro atoms. The number of rotatable bonds is 6. The van der Waals surface area contributed by atoms with Gasteiger partial charge in [0.1, 0.15) is 33.3 Å². The van der Waals surface area contributed by atoms with E-state index in [-0.39, 0.29) is 22.9 Å². The molecule has 16 heteroatoms. The van der Waals surface area contributed by atoms with Crippen LogP contribution in [0.2, 0.25) is 10.0 Å². The third kappa shape index (κ3) is 8.17. The molecule has 2 aromatic carbocycles. The van der Waals surface area contributed by atoms with Crippen molar-refractivity contribution in [3.8, 4) is 0 Å². The van der Waals surface area contributed by atoms with E-state index in [2.05, 4.69) is 73.3 Å². The second-order valence-electron chi connectivity index (χ2n) is 16.9. The van der Waals surface area contributed by atoms with Crippen molar-refractivity contribution in [3.05, 3.63) is 129 Å². The molecule has 0 amide bonds. The lowest BCUT2D eigenvalue weighted by Gasteiger charge is -2.42. The van der Waals surface area contributed by atoms with Crippen molar-refractivity contribution in [1.82, 2.24) is 29.9 Å². The molecule has 2 saturated heterocycles. The SMILES string of the molecule is Cc1nc(N2CCC3(CC2)Cc2ccccc2[C@H]3N)cnc1Sc1ccnc(N)c1Cl.Cc1nc(Sc2ccnc(N)c2Cl)cnc1N1CCC2(CC1)Cc1ccccc1[C@H]2N. The number of pyridine rings is 2. The maximum atomic E-state index is 6.71. The number of aryl methyl sites for hydroxylation is 2. The molecule has 0 saturated carbocycles. The van der Waals surface area contributed by atoms with Crippen LogP contribution in [-0.2, 0) is 12.8 Å². The Hall–Kier alpha value is -4.70. The van der Waals surface area contributed by atoms with Crippen LogP contribution in [0, 0.1) is 24.7 Å². The zero-order valence-corrected chi connectivity index (χ0v) is 37.9. The number of hydrogen-bond donors (Lipinski definition) is 4. The highest BCUT2D eigenvalue weighted by Gasteiger charge is 2.47. The van der Waals surface area contributed by atoms with Crippen LogP contribution in [0.4, 0.5) is 23.3 Å². The normalized spacial score (nSPS) is 19.6. The van der Waals surface area contributed by atoms with Crippen molar-refractivity contribution < 1.29 is 0 Å². The third-order valence-corrected chi connectivity index (χ3v) is 16.4. The highest BCUT2D eigenvalue weighted by atomic mass is 35.5. The number of nitrogens with zero attached hydrogens (tertiary/aromatic N) is 8. The van der Waals surface area contributed by atoms with Crippen LogP contribution in [0.25, 0.3) is 0 Å². The Bertz CT molecular complexity index is 2610. The summed E-state index contributed by atoms with van der Waals surface area (Å²) in [5, 5.41) is 2.51. The minimum Gasteiger partial charge on any atom is -0.382 e. The highest BCUT2D eigenvalue weighted by molar-refractivity contribution is 7.99. The molecular formula is C46H50Cl2N12S2. The number of hydrogen-bond acceptors (Lipinski definition) is 14. The van der Waals surface area contributed by atoms with Crippen molar-refractivity contribution in [1.29, 1.82) is 0 Å². The Kier molecular flexibility index (Phi) is 12.0. The molecule has 8 N–H and O–H groups in total. The average molecular weight is 906 g/mol. The minimum absolute atomic E-state index is 0.120. The van der Waals surface area contributed by atoms with Crippen LogP contribution < -0.4 is 32.7 Å². The van der Waals surface area contributed by atoms with Gasteiger partial charge in [0.15, 0.2) is 0 Å². The van der Waals surface area contributed by atoms with E-state index >= 15 is 0 Å². The second-order valence-corrected chi connectivity index (χ2v) is 19.7. The molecule has 62 heavy (non-hydrogen) atoms. The van der Waals surface area contributed by atoms with Gasteiger partial charge in [0.05, 0.1) is 33.8 Å². The summed E-state index contributed by atoms with van der Waals surface area (Å²) in [6.45, 7) is 7.75. The zero-order valence-electron chi connectivity index (χ0n) is 34.8. The van der Waals surface area contributed by atoms with Crippen LogP contribution in [0.3, 0.4) is 0 Å². The fraction of sp³-hybridized carbons (Fsp3) is 0.348. The number of benzene rings is 2. The molecule has 2 atom stereocenters. The summed E-state index contributed by atoms with van der Waals surface area (Å²) in [4.78, 5) is 33.4. The second kappa shape index (κ2) is 17.5. The first-order chi connectivity index (χ1) is 29.9. The molecule has 0 radical (unpaired) electrons. The third-order valence-electron chi connectivity index (χ3n) is 13.3. The molecule has 10 rings (SSSR count). The fourth-order valence-electron chi connectivity index (χ4n) is 9.74. The van der Waals surface area contributed by atoms with Gasteiger partial charge in [-0.3, -0.25) is 0 Å². The van der Waals surface area contributed by atoms with Gasteiger partial charge in [0.2, 0.25) is 0 Å². The lowest BCUT2D eigenvalue weighted by molar-refractivity contribution is 0.187. The number of halogens is 2. The van der Waals surface area contributed by atoms with E-state index in [9.17, 15) is 0 Å². The summed E-state index contributed by atoms with van der Waals surface area (Å²) >= 11 is 15.4. The van der Waals surface area contributed by atoms with Crippen molar-refractivity contribution in [2.45, 2.75) is 84.3 Å². The Morgan fingerprint density at radius 2 is 1.13 bits per heavy atom. The predicted molar refractivity (Wildman–Crippen MR) is 251 cm³/mol. The van der Waals surface area contributed by atoms with Gasteiger partial charge in [-0.25, -0.2) is 29.9 Å². The Balaban J connectivity index is 0.000000158. The molecular weight excluding hydrogens is 856 g/mol. The molecule has 12 nitrogen and oxygen atoms in total. The van der Waals surface area contributed by atoms with Crippen molar-refractivity contribution in [2.75, 3.05) is 47.4 Å². The Labute approximate surface area is 381 Å². The maximum Gasteiger partial charge on any atom is 0.150 e. The first-order valence-electron chi connectivity index (χ1n) is 20.9. The zero-order chi connectivity index (χ0) is 43.2. The molecule has 6 heterocycles. The van der Waals surface area contributed by atoms with E-state index in [0.29, 0.717) is 21.7 Å². The van der Waals surface area contributed by atoms with Crippen molar-refractivity contribution in [2.24, 2.45) is 22.3 Å². The molecule has 0 bridgehead atoms. The molecule has 0 unspecified atom stereocenters. The van der Waals surface area contributed by atoms with E-state index in [4.69, 9.17) is 61.1 Å². The van der Waals surface area contributed by atoms with Gasteiger partial charge in [-0.2, -0.15) is 0 Å². The number of nitrogens with two attached hydrogens (primary N) is 4. The highest BCUT2D eigenvalue weighted by Crippen LogP contribution is 2.52. The van der Waals surface area contributed by atoms with Gasteiger partial charge < -0.3 is 32.7 Å². The number of piperidine rings is 2. The number of nitrogen functional groups attached to an aromatic ring is 2. The summed E-state index contributed by atoms with van der Waals surface area (Å²) in [6.07, 6.45) is 13.4. The first kappa shape index (κ1) is 42.6. The topological polar surface area (TPSA) is 188 Å². The van der Waals surface area contributed by atoms with Gasteiger partial charge in [-0.15, -0.1) is 0 Å². The van der Waals surface area contributed by atoms with E-state index < -0.39 is 0 Å². The smallest absolute Gasteiger partial charge is 0.150 e. The van der Waals surface area contributed by atoms with E-state index in [1.54, 1.807) is 12.4 Å². The predicted octanol–water partition coefficient (Wildman–Crippen LogP) is 8.82. The van der Waals surface area contributed by atoms with Crippen LogP contribution in [0.1, 0.15) is 71.4 Å². The number of fused-ring (bicyclic) bond motifs is 2. The molecule has 2 aliphatic heterocycles. The lowest BCUT2D eigenvalue weighted by atomic mass is 9.73. The summed E-state index contributed by atoms with van der Waals surface area (Å²) in [5.41, 5.74) is 32.6. The van der Waals surface area contributed by atoms with Crippen LogP contribution in [-0.4, -0.2) is 56.1 Å². The molecule has 2 aliphatic carbocycles. The summed E-state index contributed by atoms with van der Waals surface area (Å²) in [5.74, 6) is 2.51. The number of aromatic nitrogens is 6. The standard InChI is InChI=1S/2C23H25ClN6S/c1-14-22(28-13-18(29-14)31-17-6-9-27-21(26)19(17)24)30-10-7-23(8-11-30)12-15-4-2-3-5-16(15)20(23)25;1-14-22(31-17-6-9-27-21(26)19(17)24)28-13-18(29-14)30-10-7-23(8-11-30)12-15-4-2-3-5-16(15)20(23)25/h2*2-6,9,13,20H,7-8,10-12,25H2,1H3,(H2,26,27)/t2*20-/m11/s1. The monoisotopic (exact) mass is 904 g/mol. The number of anilines is 4. The summed E-state index contributed by atoms with van der Waals surface area (Å²) in [7, 11) is 0. The van der Waals surface area contributed by atoms with Crippen LogP contribution >= 0.6 is 46.7 Å². The van der Waals surface area contributed by atoms with Crippen molar-refractivity contribution >= 4 is 70.0 Å². The lowest BCUT2D eigenvalue weighted by Crippen LogP contribution is -2.44. The molecule has 320 valence electrons. The quantitative estimate of drug-likeness (QED) is 0.124. The summed E-state index contributed by atoms with van der Waals surface area (Å²) < 4.78 is 0. The van der Waals surface area contributed by atoms with E-state index in [0.717, 1.165) is 108 Å². The fourth-order valence-corrected chi connectivity index (χ4v) is 11.9. The van der Waals surface area contributed by atoms with Gasteiger partial charge in [0.25, 0.3) is 0 Å². The first-order valence-corrected chi connectivity index (χ1v) is 23.3.